The molecule has 7 atom stereocenters. The number of carbonyl (C=O) groups excluding carboxylic acids is 2. The lowest BCUT2D eigenvalue weighted by Crippen LogP contribution is -2.64. The van der Waals surface area contributed by atoms with Crippen LogP contribution in [-0.2, 0) is 19.1 Å². The molecule has 20 heavy (non-hydrogen) atoms. The van der Waals surface area contributed by atoms with E-state index in [1.54, 1.807) is 0 Å². The number of esters is 1. The van der Waals surface area contributed by atoms with Crippen molar-refractivity contribution in [3.63, 3.8) is 0 Å². The van der Waals surface area contributed by atoms with Crippen molar-refractivity contribution >= 4 is 11.8 Å². The SMILES string of the molecule is CC(=O)[C@H]1C[C@H]2[C@H](C)CC[C@H]3[C@@H](C)C(=O)O[C@H](O)[C@@]23O1. The molecular weight excluding hydrogens is 260 g/mol. The van der Waals surface area contributed by atoms with Crippen molar-refractivity contribution in [2.24, 2.45) is 23.7 Å². The number of ketones is 1. The summed E-state index contributed by atoms with van der Waals surface area (Å²) in [5.74, 6) is -0.314. The highest BCUT2D eigenvalue weighted by Gasteiger charge is 2.66. The molecule has 1 saturated carbocycles. The van der Waals surface area contributed by atoms with Crippen LogP contribution in [0.3, 0.4) is 0 Å². The Morgan fingerprint density at radius 2 is 2.00 bits per heavy atom. The summed E-state index contributed by atoms with van der Waals surface area (Å²) in [6, 6.07) is 0. The van der Waals surface area contributed by atoms with Gasteiger partial charge < -0.3 is 14.6 Å². The average molecular weight is 282 g/mol. The van der Waals surface area contributed by atoms with Gasteiger partial charge in [0, 0.05) is 5.92 Å². The minimum Gasteiger partial charge on any atom is -0.432 e. The van der Waals surface area contributed by atoms with Crippen LogP contribution in [-0.4, -0.2) is 34.9 Å². The molecule has 0 bridgehead atoms. The van der Waals surface area contributed by atoms with E-state index in [1.165, 1.54) is 6.92 Å². The van der Waals surface area contributed by atoms with Crippen LogP contribution in [0.4, 0.5) is 0 Å². The third kappa shape index (κ3) is 1.69. The second kappa shape index (κ2) is 4.53. The first-order valence-corrected chi connectivity index (χ1v) is 7.44. The Bertz CT molecular complexity index is 448. The Kier molecular flexibility index (Phi) is 3.18. The van der Waals surface area contributed by atoms with Crippen LogP contribution in [0.1, 0.15) is 40.0 Å². The molecule has 0 unspecified atom stereocenters. The standard InChI is InChI=1S/C15H22O5/c1-7-4-5-10-8(2)13(17)19-14(18)15(10)11(7)6-12(20-15)9(3)16/h7-8,10-12,14,18H,4-6H2,1-3H3/t7-,8-,10+,11+,12-,14+,15+/m1/s1. The van der Waals surface area contributed by atoms with Crippen LogP contribution in [0.5, 0.6) is 0 Å². The van der Waals surface area contributed by atoms with Crippen LogP contribution in [0, 0.1) is 23.7 Å². The fourth-order valence-electron chi connectivity index (χ4n) is 4.49. The van der Waals surface area contributed by atoms with Crippen LogP contribution < -0.4 is 0 Å². The van der Waals surface area contributed by atoms with Crippen molar-refractivity contribution in [1.82, 2.24) is 0 Å². The van der Waals surface area contributed by atoms with Gasteiger partial charge in [0.05, 0.1) is 5.92 Å². The van der Waals surface area contributed by atoms with Crippen LogP contribution in [0.2, 0.25) is 0 Å². The van der Waals surface area contributed by atoms with Gasteiger partial charge in [-0.2, -0.15) is 0 Å². The van der Waals surface area contributed by atoms with E-state index in [0.717, 1.165) is 12.8 Å². The zero-order valence-corrected chi connectivity index (χ0v) is 12.2. The first-order chi connectivity index (χ1) is 9.37. The van der Waals surface area contributed by atoms with Crippen molar-refractivity contribution in [2.75, 3.05) is 0 Å². The summed E-state index contributed by atoms with van der Waals surface area (Å²) >= 11 is 0. The number of hydrogen-bond donors (Lipinski definition) is 1. The van der Waals surface area contributed by atoms with Gasteiger partial charge in [0.1, 0.15) is 11.7 Å². The summed E-state index contributed by atoms with van der Waals surface area (Å²) < 4.78 is 11.2. The Morgan fingerprint density at radius 1 is 1.30 bits per heavy atom. The molecule has 0 radical (unpaired) electrons. The van der Waals surface area contributed by atoms with E-state index in [-0.39, 0.29) is 29.5 Å². The smallest absolute Gasteiger partial charge is 0.311 e. The number of carbonyl (C=O) groups is 2. The molecule has 3 rings (SSSR count). The summed E-state index contributed by atoms with van der Waals surface area (Å²) in [5, 5.41) is 10.4. The van der Waals surface area contributed by atoms with Crippen molar-refractivity contribution in [3.05, 3.63) is 0 Å². The molecule has 0 aromatic carbocycles. The highest BCUT2D eigenvalue weighted by atomic mass is 16.7. The summed E-state index contributed by atoms with van der Waals surface area (Å²) in [4.78, 5) is 23.5. The zero-order chi connectivity index (χ0) is 14.7. The van der Waals surface area contributed by atoms with Gasteiger partial charge in [-0.15, -0.1) is 0 Å². The van der Waals surface area contributed by atoms with E-state index in [1.807, 2.05) is 6.92 Å². The molecule has 3 aliphatic rings. The Morgan fingerprint density at radius 3 is 2.65 bits per heavy atom. The second-order valence-corrected chi connectivity index (χ2v) is 6.65. The van der Waals surface area contributed by atoms with E-state index in [9.17, 15) is 14.7 Å². The fourth-order valence-corrected chi connectivity index (χ4v) is 4.49. The number of Topliss-reactive ketones (excluding diaryl/α,β-unsaturated/α-hetero) is 1. The molecule has 1 N–H and O–H groups in total. The predicted molar refractivity (Wildman–Crippen MR) is 69.5 cm³/mol. The maximum absolute atomic E-state index is 11.8. The molecule has 112 valence electrons. The third-order valence-electron chi connectivity index (χ3n) is 5.64. The second-order valence-electron chi connectivity index (χ2n) is 6.65. The maximum atomic E-state index is 11.8. The van der Waals surface area contributed by atoms with Gasteiger partial charge in [-0.05, 0) is 38.0 Å². The first-order valence-electron chi connectivity index (χ1n) is 7.44. The molecule has 1 aliphatic carbocycles. The topological polar surface area (TPSA) is 72.8 Å². The minimum absolute atomic E-state index is 0.0171. The Balaban J connectivity index is 2.03. The summed E-state index contributed by atoms with van der Waals surface area (Å²) in [6.45, 7) is 5.48. The molecule has 5 heteroatoms. The van der Waals surface area contributed by atoms with Gasteiger partial charge in [-0.3, -0.25) is 9.59 Å². The highest BCUT2D eigenvalue weighted by molar-refractivity contribution is 5.81. The van der Waals surface area contributed by atoms with E-state index in [2.05, 4.69) is 6.92 Å². The quantitative estimate of drug-likeness (QED) is 0.733. The largest absolute Gasteiger partial charge is 0.432 e. The molecule has 2 aliphatic heterocycles. The van der Waals surface area contributed by atoms with E-state index >= 15 is 0 Å². The van der Waals surface area contributed by atoms with Crippen molar-refractivity contribution in [3.8, 4) is 0 Å². The summed E-state index contributed by atoms with van der Waals surface area (Å²) in [5.41, 5.74) is -0.888. The van der Waals surface area contributed by atoms with Gasteiger partial charge >= 0.3 is 5.97 Å². The van der Waals surface area contributed by atoms with Crippen molar-refractivity contribution in [2.45, 2.75) is 58.0 Å². The van der Waals surface area contributed by atoms with Gasteiger partial charge in [-0.25, -0.2) is 0 Å². The molecule has 0 aromatic heterocycles. The number of hydrogen-bond acceptors (Lipinski definition) is 5. The molecular formula is C15H22O5. The van der Waals surface area contributed by atoms with Crippen LogP contribution >= 0.6 is 0 Å². The Hall–Kier alpha value is -0.940. The Labute approximate surface area is 118 Å². The normalized spacial score (nSPS) is 51.1. The third-order valence-corrected chi connectivity index (χ3v) is 5.64. The van der Waals surface area contributed by atoms with Crippen molar-refractivity contribution in [1.29, 1.82) is 0 Å². The van der Waals surface area contributed by atoms with E-state index in [0.29, 0.717) is 12.3 Å². The minimum atomic E-state index is -1.26. The molecule has 0 aromatic rings. The molecule has 1 spiro atoms. The first kappa shape index (κ1) is 14.0. The van der Waals surface area contributed by atoms with E-state index < -0.39 is 18.0 Å². The lowest BCUT2D eigenvalue weighted by Gasteiger charge is -2.53. The molecule has 0 amide bonds. The maximum Gasteiger partial charge on any atom is 0.311 e. The zero-order valence-electron chi connectivity index (χ0n) is 12.2. The summed E-state index contributed by atoms with van der Waals surface area (Å²) in [7, 11) is 0. The van der Waals surface area contributed by atoms with Gasteiger partial charge in [0.2, 0.25) is 6.29 Å². The monoisotopic (exact) mass is 282 g/mol. The molecule has 2 heterocycles. The highest BCUT2D eigenvalue weighted by Crippen LogP contribution is 2.57. The van der Waals surface area contributed by atoms with Gasteiger partial charge in [-0.1, -0.05) is 13.8 Å². The lowest BCUT2D eigenvalue weighted by molar-refractivity contribution is -0.290. The fraction of sp³-hybridized carbons (Fsp3) is 0.867. The number of ether oxygens (including phenoxy) is 2. The van der Waals surface area contributed by atoms with Crippen LogP contribution in [0.15, 0.2) is 0 Å². The molecule has 2 saturated heterocycles. The van der Waals surface area contributed by atoms with Crippen molar-refractivity contribution < 1.29 is 24.2 Å². The number of aliphatic hydroxyl groups is 1. The average Bonchev–Trinajstić information content (AvgIpc) is 2.79. The molecule has 5 nitrogen and oxygen atoms in total. The number of aliphatic hydroxyl groups excluding tert-OH is 1. The number of rotatable bonds is 1. The summed E-state index contributed by atoms with van der Waals surface area (Å²) in [6.07, 6.45) is 0.703. The lowest BCUT2D eigenvalue weighted by atomic mass is 9.59. The van der Waals surface area contributed by atoms with Gasteiger partial charge in [0.15, 0.2) is 5.78 Å². The number of cyclic esters (lactones) is 1. The van der Waals surface area contributed by atoms with Gasteiger partial charge in [0.25, 0.3) is 0 Å². The van der Waals surface area contributed by atoms with Crippen LogP contribution in [0.25, 0.3) is 0 Å². The molecule has 3 fully saturated rings. The van der Waals surface area contributed by atoms with E-state index in [4.69, 9.17) is 9.47 Å². The predicted octanol–water partition coefficient (Wildman–Crippen LogP) is 1.28.